The van der Waals surface area contributed by atoms with Gasteiger partial charge in [0.15, 0.2) is 0 Å². The zero-order valence-electron chi connectivity index (χ0n) is 20.5. The van der Waals surface area contributed by atoms with Gasteiger partial charge in [0.1, 0.15) is 5.82 Å². The molecule has 188 valence electrons. The summed E-state index contributed by atoms with van der Waals surface area (Å²) >= 11 is 0.924. The highest BCUT2D eigenvalue weighted by Gasteiger charge is 2.41. The highest BCUT2D eigenvalue weighted by atomic mass is 32.2. The van der Waals surface area contributed by atoms with Crippen LogP contribution in [0.25, 0.3) is 6.08 Å². The summed E-state index contributed by atoms with van der Waals surface area (Å²) in [5, 5.41) is 1.99. The normalized spacial score (nSPS) is 26.2. The summed E-state index contributed by atoms with van der Waals surface area (Å²) in [5.41, 5.74) is 2.03. The number of fused-ring (bicyclic) bond motifs is 1. The van der Waals surface area contributed by atoms with E-state index in [1.54, 1.807) is 6.08 Å². The van der Waals surface area contributed by atoms with Gasteiger partial charge in [-0.15, -0.1) is 0 Å². The van der Waals surface area contributed by atoms with Crippen molar-refractivity contribution in [1.82, 2.24) is 25.1 Å². The van der Waals surface area contributed by atoms with Crippen LogP contribution in [0.2, 0.25) is 0 Å². The first-order valence-corrected chi connectivity index (χ1v) is 13.4. The van der Waals surface area contributed by atoms with Crippen molar-refractivity contribution in [2.75, 3.05) is 69.2 Å². The summed E-state index contributed by atoms with van der Waals surface area (Å²) in [6.45, 7) is 8.80. The number of imide groups is 1. The van der Waals surface area contributed by atoms with Gasteiger partial charge in [-0.1, -0.05) is 30.3 Å². The second-order valence-corrected chi connectivity index (χ2v) is 11.2. The number of carbonyl (C=O) groups excluding carboxylic acids is 2. The molecule has 5 heterocycles. The van der Waals surface area contributed by atoms with E-state index in [0.717, 1.165) is 82.4 Å². The van der Waals surface area contributed by atoms with E-state index in [2.05, 4.69) is 62.3 Å². The van der Waals surface area contributed by atoms with Crippen LogP contribution in [0.3, 0.4) is 0 Å². The number of anilines is 2. The zero-order chi connectivity index (χ0) is 24.6. The number of piperazine rings is 1. The number of hydrogen-bond acceptors (Lipinski definition) is 9. The van der Waals surface area contributed by atoms with E-state index < -0.39 is 0 Å². The van der Waals surface area contributed by atoms with Gasteiger partial charge in [0.25, 0.3) is 11.1 Å². The summed E-state index contributed by atoms with van der Waals surface area (Å²) < 4.78 is 0. The van der Waals surface area contributed by atoms with Crippen LogP contribution in [-0.2, 0) is 11.3 Å². The van der Waals surface area contributed by atoms with Gasteiger partial charge in [0.2, 0.25) is 5.95 Å². The molecule has 1 N–H and O–H groups in total. The molecule has 1 aromatic heterocycles. The maximum atomic E-state index is 12.2. The lowest BCUT2D eigenvalue weighted by atomic mass is 10.0. The third-order valence-corrected chi connectivity index (χ3v) is 8.37. The van der Waals surface area contributed by atoms with Crippen molar-refractivity contribution >= 4 is 40.8 Å². The van der Waals surface area contributed by atoms with Gasteiger partial charge < -0.3 is 14.7 Å². The van der Waals surface area contributed by atoms with E-state index in [4.69, 9.17) is 9.97 Å². The fourth-order valence-corrected chi connectivity index (χ4v) is 6.30. The second-order valence-electron chi connectivity index (χ2n) is 10.2. The van der Waals surface area contributed by atoms with Crippen molar-refractivity contribution in [1.29, 1.82) is 0 Å². The van der Waals surface area contributed by atoms with E-state index in [0.29, 0.717) is 22.4 Å². The van der Waals surface area contributed by atoms with Crippen LogP contribution >= 0.6 is 11.8 Å². The topological polar surface area (TPSA) is 84.9 Å². The molecule has 2 unspecified atom stereocenters. The van der Waals surface area contributed by atoms with E-state index in [1.807, 2.05) is 6.07 Å². The van der Waals surface area contributed by atoms with E-state index in [-0.39, 0.29) is 11.1 Å². The molecule has 9 nitrogen and oxygen atoms in total. The summed E-state index contributed by atoms with van der Waals surface area (Å²) in [5.74, 6) is 2.44. The number of likely N-dealkylation sites (N-methyl/N-ethyl adjacent to an activating group) is 1. The van der Waals surface area contributed by atoms with Crippen molar-refractivity contribution in [2.24, 2.45) is 11.8 Å². The highest BCUT2D eigenvalue weighted by molar-refractivity contribution is 8.18. The molecule has 1 aromatic carbocycles. The predicted molar refractivity (Wildman–Crippen MR) is 142 cm³/mol. The summed E-state index contributed by atoms with van der Waals surface area (Å²) in [4.78, 5) is 43.5. The molecule has 4 aliphatic rings. The second kappa shape index (κ2) is 9.84. The number of likely N-dealkylation sites (tertiary alicyclic amines) is 1. The average Bonchev–Trinajstić information content (AvgIpc) is 3.52. The van der Waals surface area contributed by atoms with E-state index >= 15 is 0 Å². The van der Waals surface area contributed by atoms with Crippen LogP contribution in [0.4, 0.5) is 16.6 Å². The summed E-state index contributed by atoms with van der Waals surface area (Å²) in [6, 6.07) is 12.6. The van der Waals surface area contributed by atoms with Crippen molar-refractivity contribution in [3.63, 3.8) is 0 Å². The Bertz CT molecular complexity index is 1170. The number of nitrogens with zero attached hydrogens (tertiary/aromatic N) is 6. The zero-order valence-corrected chi connectivity index (χ0v) is 21.3. The van der Waals surface area contributed by atoms with Gasteiger partial charge in [-0.05, 0) is 42.3 Å². The Hall–Kier alpha value is -2.95. The molecule has 2 amide bonds. The lowest BCUT2D eigenvalue weighted by Crippen LogP contribution is -2.45. The lowest BCUT2D eigenvalue weighted by Gasteiger charge is -2.33. The van der Waals surface area contributed by atoms with Gasteiger partial charge in [0, 0.05) is 65.0 Å². The number of amides is 2. The summed E-state index contributed by atoms with van der Waals surface area (Å²) in [6.07, 6.45) is 1.72. The first-order chi connectivity index (χ1) is 17.5. The molecule has 0 saturated carbocycles. The maximum Gasteiger partial charge on any atom is 0.290 e. The van der Waals surface area contributed by atoms with Crippen molar-refractivity contribution in [2.45, 2.75) is 6.54 Å². The SMILES string of the molecule is CN1CCN(c2cc(/C=C3\SC(=O)NC3=O)nc(N3CC4CN(Cc5ccccc5)CC4C3)n2)CC1. The first-order valence-electron chi connectivity index (χ1n) is 12.6. The minimum absolute atomic E-state index is 0.341. The third kappa shape index (κ3) is 4.98. The minimum Gasteiger partial charge on any atom is -0.354 e. The standard InChI is InChI=1S/C26H31N7O2S/c1-30-7-9-32(10-8-30)23-12-21(11-22-24(34)29-26(35)36-22)27-25(28-23)33-16-19-14-31(15-20(19)17-33)13-18-5-3-2-4-6-18/h2-6,11-12,19-20H,7-10,13-17H2,1H3,(H,29,34,35)/b22-11-. The molecule has 6 rings (SSSR count). The molecule has 10 heteroatoms. The van der Waals surface area contributed by atoms with E-state index in [9.17, 15) is 9.59 Å². The first kappa shape index (κ1) is 23.4. The van der Waals surface area contributed by atoms with Gasteiger partial charge in [-0.25, -0.2) is 4.98 Å². The number of rotatable bonds is 5. The molecule has 36 heavy (non-hydrogen) atoms. The van der Waals surface area contributed by atoms with Crippen LogP contribution in [0.15, 0.2) is 41.3 Å². The number of thioether (sulfide) groups is 1. The Morgan fingerprint density at radius 1 is 0.972 bits per heavy atom. The molecule has 0 aliphatic carbocycles. The fourth-order valence-electron chi connectivity index (χ4n) is 5.63. The van der Waals surface area contributed by atoms with Gasteiger partial charge in [0.05, 0.1) is 10.6 Å². The van der Waals surface area contributed by atoms with Crippen LogP contribution in [0.1, 0.15) is 11.3 Å². The Morgan fingerprint density at radius 2 is 1.69 bits per heavy atom. The van der Waals surface area contributed by atoms with Crippen LogP contribution in [0, 0.1) is 11.8 Å². The number of carbonyl (C=O) groups is 2. The molecule has 2 aromatic rings. The molecular weight excluding hydrogens is 474 g/mol. The molecular formula is C26H31N7O2S. The smallest absolute Gasteiger partial charge is 0.290 e. The number of aromatic nitrogens is 2. The molecule has 4 aliphatic heterocycles. The fraction of sp³-hybridized carbons (Fsp3) is 0.462. The summed E-state index contributed by atoms with van der Waals surface area (Å²) in [7, 11) is 2.13. The van der Waals surface area contributed by atoms with Gasteiger partial charge >= 0.3 is 0 Å². The molecule has 4 fully saturated rings. The average molecular weight is 506 g/mol. The monoisotopic (exact) mass is 505 g/mol. The number of nitrogens with one attached hydrogen (secondary N) is 1. The highest BCUT2D eigenvalue weighted by Crippen LogP contribution is 2.35. The Labute approximate surface area is 215 Å². The van der Waals surface area contributed by atoms with Crippen molar-refractivity contribution in [3.05, 3.63) is 52.6 Å². The predicted octanol–water partition coefficient (Wildman–Crippen LogP) is 2.12. The largest absolute Gasteiger partial charge is 0.354 e. The maximum absolute atomic E-state index is 12.2. The van der Waals surface area contributed by atoms with Crippen molar-refractivity contribution < 1.29 is 9.59 Å². The van der Waals surface area contributed by atoms with Crippen LogP contribution in [0.5, 0.6) is 0 Å². The molecule has 0 bridgehead atoms. The van der Waals surface area contributed by atoms with Gasteiger partial charge in [-0.3, -0.25) is 19.8 Å². The molecule has 4 saturated heterocycles. The molecule has 0 radical (unpaired) electrons. The molecule has 2 atom stereocenters. The Morgan fingerprint density at radius 3 is 2.36 bits per heavy atom. The van der Waals surface area contributed by atoms with Gasteiger partial charge in [-0.2, -0.15) is 4.98 Å². The van der Waals surface area contributed by atoms with E-state index in [1.165, 1.54) is 5.56 Å². The Kier molecular flexibility index (Phi) is 6.41. The quantitative estimate of drug-likeness (QED) is 0.614. The lowest BCUT2D eigenvalue weighted by molar-refractivity contribution is -0.115. The minimum atomic E-state index is -0.361. The van der Waals surface area contributed by atoms with Crippen LogP contribution < -0.4 is 15.1 Å². The number of hydrogen-bond donors (Lipinski definition) is 1. The third-order valence-electron chi connectivity index (χ3n) is 7.56. The number of benzene rings is 1. The van der Waals surface area contributed by atoms with Crippen molar-refractivity contribution in [3.8, 4) is 0 Å². The Balaban J connectivity index is 1.21. The van der Waals surface area contributed by atoms with Crippen LogP contribution in [-0.4, -0.2) is 90.3 Å². The molecule has 0 spiro atoms.